The van der Waals surface area contributed by atoms with Crippen molar-refractivity contribution in [2.45, 2.75) is 13.8 Å². The van der Waals surface area contributed by atoms with Crippen molar-refractivity contribution in [2.24, 2.45) is 0 Å². The number of aryl methyl sites for hydroxylation is 1. The summed E-state index contributed by atoms with van der Waals surface area (Å²) in [4.78, 5) is 0. The third kappa shape index (κ3) is 1.45. The molecule has 2 heteroatoms. The fourth-order valence-electron chi connectivity index (χ4n) is 0.835. The van der Waals surface area contributed by atoms with E-state index in [0.717, 1.165) is 28.7 Å². The van der Waals surface area contributed by atoms with Crippen molar-refractivity contribution in [3.8, 4) is 5.75 Å². The molecule has 0 aliphatic heterocycles. The molecule has 0 fully saturated rings. The standard InChI is InChI=1S/C8H10O.Sn/c1-6-4-3-5-8(9)7(6)2;/h3-5,9H,1-2H3;/q;+1/p-1. The number of hydrogen-bond acceptors (Lipinski definition) is 1. The van der Waals surface area contributed by atoms with Gasteiger partial charge in [-0.3, -0.25) is 0 Å². The van der Waals surface area contributed by atoms with E-state index in [1.165, 1.54) is 11.1 Å². The number of benzene rings is 1. The van der Waals surface area contributed by atoms with Crippen LogP contribution in [0.15, 0.2) is 18.2 Å². The second-order valence-corrected chi connectivity index (χ2v) is 2.88. The molecule has 0 bridgehead atoms. The van der Waals surface area contributed by atoms with Crippen molar-refractivity contribution in [1.82, 2.24) is 0 Å². The molecule has 1 aromatic carbocycles. The normalized spacial score (nSPS) is 9.50. The number of hydrogen-bond donors (Lipinski definition) is 0. The van der Waals surface area contributed by atoms with Gasteiger partial charge in [-0.05, 0) is 0 Å². The predicted octanol–water partition coefficient (Wildman–Crippen LogP) is 1.77. The Morgan fingerprint density at radius 2 is 2.00 bits per heavy atom. The van der Waals surface area contributed by atoms with E-state index in [0.29, 0.717) is 0 Å². The molecule has 0 N–H and O–H groups in total. The van der Waals surface area contributed by atoms with Gasteiger partial charge in [0.1, 0.15) is 0 Å². The van der Waals surface area contributed by atoms with Gasteiger partial charge in [0.25, 0.3) is 0 Å². The van der Waals surface area contributed by atoms with E-state index in [2.05, 4.69) is 19.9 Å². The molecule has 0 aliphatic rings. The van der Waals surface area contributed by atoms with Crippen LogP contribution in [0.1, 0.15) is 11.1 Å². The van der Waals surface area contributed by atoms with E-state index in [9.17, 15) is 0 Å². The summed E-state index contributed by atoms with van der Waals surface area (Å²) >= 11 is 1.10. The molecule has 0 aromatic heterocycles. The molecule has 1 nitrogen and oxygen atoms in total. The Labute approximate surface area is 75.0 Å². The molecule has 0 amide bonds. The van der Waals surface area contributed by atoms with Crippen molar-refractivity contribution in [1.29, 1.82) is 0 Å². The molecule has 3 radical (unpaired) electrons. The van der Waals surface area contributed by atoms with Gasteiger partial charge in [-0.15, -0.1) is 0 Å². The summed E-state index contributed by atoms with van der Waals surface area (Å²) in [7, 11) is 0. The Bertz CT molecular complexity index is 233. The van der Waals surface area contributed by atoms with Crippen LogP contribution in [0.3, 0.4) is 0 Å². The maximum absolute atomic E-state index is 5.22. The molecule has 0 aliphatic carbocycles. The summed E-state index contributed by atoms with van der Waals surface area (Å²) in [6.07, 6.45) is 0. The molecule has 10 heavy (non-hydrogen) atoms. The van der Waals surface area contributed by atoms with Crippen LogP contribution in [-0.4, -0.2) is 22.9 Å². The Morgan fingerprint density at radius 1 is 1.30 bits per heavy atom. The molecular formula is C8H9OSn. The molecule has 0 atom stereocenters. The Balaban J connectivity index is 3.14. The molecule has 51 valence electrons. The second-order valence-electron chi connectivity index (χ2n) is 2.30. The van der Waals surface area contributed by atoms with E-state index >= 15 is 0 Å². The van der Waals surface area contributed by atoms with Crippen LogP contribution in [0.2, 0.25) is 0 Å². The first-order chi connectivity index (χ1) is 4.75. The Kier molecular flexibility index (Phi) is 2.60. The minimum absolute atomic E-state index is 1.01. The molecule has 0 saturated heterocycles. The third-order valence-electron chi connectivity index (χ3n) is 1.66. The minimum atomic E-state index is 1.01. The van der Waals surface area contributed by atoms with Crippen LogP contribution >= 0.6 is 0 Å². The Morgan fingerprint density at radius 3 is 2.50 bits per heavy atom. The summed E-state index contributed by atoms with van der Waals surface area (Å²) in [6, 6.07) is 6.10. The fraction of sp³-hybridized carbons (Fsp3) is 0.250. The molecule has 1 rings (SSSR count). The van der Waals surface area contributed by atoms with Crippen LogP contribution in [0.25, 0.3) is 0 Å². The quantitative estimate of drug-likeness (QED) is 0.679. The first-order valence-corrected chi connectivity index (χ1v) is 4.32. The molecular weight excluding hydrogens is 231 g/mol. The topological polar surface area (TPSA) is 9.23 Å². The predicted molar refractivity (Wildman–Crippen MR) is 42.3 cm³/mol. The van der Waals surface area contributed by atoms with Crippen LogP contribution in [-0.2, 0) is 0 Å². The zero-order valence-electron chi connectivity index (χ0n) is 6.14. The van der Waals surface area contributed by atoms with Crippen molar-refractivity contribution in [3.63, 3.8) is 0 Å². The molecule has 0 saturated carbocycles. The first kappa shape index (κ1) is 7.92. The number of rotatable bonds is 1. The van der Waals surface area contributed by atoms with Crippen LogP contribution in [0, 0.1) is 13.8 Å². The summed E-state index contributed by atoms with van der Waals surface area (Å²) in [5, 5.41) is 0. The van der Waals surface area contributed by atoms with Gasteiger partial charge in [0.2, 0.25) is 0 Å². The van der Waals surface area contributed by atoms with Crippen molar-refractivity contribution >= 4 is 22.9 Å². The molecule has 0 unspecified atom stereocenters. The average molecular weight is 240 g/mol. The second kappa shape index (κ2) is 3.28. The van der Waals surface area contributed by atoms with Gasteiger partial charge < -0.3 is 0 Å². The summed E-state index contributed by atoms with van der Waals surface area (Å²) < 4.78 is 5.22. The van der Waals surface area contributed by atoms with E-state index in [1.54, 1.807) is 0 Å². The third-order valence-corrected chi connectivity index (χ3v) is 2.29. The van der Waals surface area contributed by atoms with Gasteiger partial charge in [0.05, 0.1) is 0 Å². The molecule has 0 heterocycles. The van der Waals surface area contributed by atoms with E-state index < -0.39 is 0 Å². The van der Waals surface area contributed by atoms with Gasteiger partial charge in [0.15, 0.2) is 0 Å². The van der Waals surface area contributed by atoms with Gasteiger partial charge >= 0.3 is 74.9 Å². The van der Waals surface area contributed by atoms with Gasteiger partial charge in [-0.25, -0.2) is 0 Å². The average Bonchev–Trinajstić information content (AvgIpc) is 1.95. The summed E-state index contributed by atoms with van der Waals surface area (Å²) in [5.74, 6) is 1.01. The zero-order valence-corrected chi connectivity index (χ0v) is 8.99. The van der Waals surface area contributed by atoms with E-state index in [1.807, 2.05) is 12.1 Å². The maximum atomic E-state index is 5.22. The fourth-order valence-corrected chi connectivity index (χ4v) is 1.47. The van der Waals surface area contributed by atoms with Crippen LogP contribution in [0.4, 0.5) is 0 Å². The SMILES string of the molecule is Cc1cccc([O][Sn])c1C. The summed E-state index contributed by atoms with van der Waals surface area (Å²) in [5.41, 5.74) is 2.54. The van der Waals surface area contributed by atoms with Crippen LogP contribution < -0.4 is 3.07 Å². The Hall–Kier alpha value is -0.181. The van der Waals surface area contributed by atoms with Crippen molar-refractivity contribution < 1.29 is 3.07 Å². The van der Waals surface area contributed by atoms with Gasteiger partial charge in [-0.1, -0.05) is 0 Å². The van der Waals surface area contributed by atoms with Crippen molar-refractivity contribution in [3.05, 3.63) is 29.3 Å². The molecule has 0 spiro atoms. The van der Waals surface area contributed by atoms with Crippen molar-refractivity contribution in [2.75, 3.05) is 0 Å². The summed E-state index contributed by atoms with van der Waals surface area (Å²) in [6.45, 7) is 4.17. The molecule has 1 aromatic rings. The van der Waals surface area contributed by atoms with Crippen LogP contribution in [0.5, 0.6) is 5.75 Å². The monoisotopic (exact) mass is 241 g/mol. The first-order valence-electron chi connectivity index (χ1n) is 3.15. The van der Waals surface area contributed by atoms with E-state index in [4.69, 9.17) is 3.07 Å². The zero-order chi connectivity index (χ0) is 7.56. The van der Waals surface area contributed by atoms with Gasteiger partial charge in [-0.2, -0.15) is 0 Å². The van der Waals surface area contributed by atoms with Gasteiger partial charge in [0, 0.05) is 0 Å². The van der Waals surface area contributed by atoms with E-state index in [-0.39, 0.29) is 0 Å².